The number of hydrogen-bond acceptors (Lipinski definition) is 5. The van der Waals surface area contributed by atoms with Gasteiger partial charge in [0.05, 0.1) is 25.9 Å². The average Bonchev–Trinajstić information content (AvgIpc) is 2.67. The monoisotopic (exact) mass is 399 g/mol. The average molecular weight is 400 g/mol. The van der Waals surface area contributed by atoms with Crippen LogP contribution in [0.5, 0.6) is 0 Å². The zero-order valence-electron chi connectivity index (χ0n) is 18.2. The van der Waals surface area contributed by atoms with Gasteiger partial charge in [-0.05, 0) is 39.5 Å². The molecule has 2 saturated heterocycles. The van der Waals surface area contributed by atoms with E-state index in [2.05, 4.69) is 38.9 Å². The van der Waals surface area contributed by atoms with Crippen LogP contribution in [0.4, 0.5) is 0 Å². The molecule has 0 amide bonds. The SMILES string of the molecule is CCC1(CC)CC2(CC(C)(C)N1S)OCC(C)(COC1CCCCC1)CO2. The zero-order chi connectivity index (χ0) is 19.8. The van der Waals surface area contributed by atoms with Crippen molar-refractivity contribution in [2.24, 2.45) is 5.41 Å². The van der Waals surface area contributed by atoms with E-state index in [0.717, 1.165) is 32.3 Å². The van der Waals surface area contributed by atoms with Crippen LogP contribution in [-0.2, 0) is 14.2 Å². The van der Waals surface area contributed by atoms with Gasteiger partial charge in [0, 0.05) is 29.3 Å². The van der Waals surface area contributed by atoms with Crippen LogP contribution in [0.15, 0.2) is 0 Å². The predicted octanol–water partition coefficient (Wildman–Crippen LogP) is 5.36. The van der Waals surface area contributed by atoms with Gasteiger partial charge >= 0.3 is 0 Å². The van der Waals surface area contributed by atoms with E-state index < -0.39 is 5.79 Å². The van der Waals surface area contributed by atoms with Crippen molar-refractivity contribution >= 4 is 12.8 Å². The Bertz CT molecular complexity index is 492. The summed E-state index contributed by atoms with van der Waals surface area (Å²) in [5.41, 5.74) is -0.108. The number of piperidine rings is 1. The third-order valence-electron chi connectivity index (χ3n) is 7.23. The van der Waals surface area contributed by atoms with Crippen LogP contribution < -0.4 is 0 Å². The topological polar surface area (TPSA) is 30.9 Å². The van der Waals surface area contributed by atoms with E-state index in [4.69, 9.17) is 27.0 Å². The molecule has 0 unspecified atom stereocenters. The van der Waals surface area contributed by atoms with E-state index in [0.29, 0.717) is 19.3 Å². The summed E-state index contributed by atoms with van der Waals surface area (Å²) >= 11 is 4.91. The number of thiol groups is 1. The third-order valence-corrected chi connectivity index (χ3v) is 8.19. The summed E-state index contributed by atoms with van der Waals surface area (Å²) in [5.74, 6) is -0.487. The van der Waals surface area contributed by atoms with Gasteiger partial charge in [-0.25, -0.2) is 4.31 Å². The number of hydrogen-bond donors (Lipinski definition) is 1. The van der Waals surface area contributed by atoms with Crippen LogP contribution in [0.3, 0.4) is 0 Å². The van der Waals surface area contributed by atoms with E-state index in [1.54, 1.807) is 0 Å². The molecule has 0 N–H and O–H groups in total. The molecular formula is C22H41NO3S. The first-order valence-corrected chi connectivity index (χ1v) is 11.5. The van der Waals surface area contributed by atoms with Crippen molar-refractivity contribution in [3.63, 3.8) is 0 Å². The van der Waals surface area contributed by atoms with Gasteiger partial charge in [0.25, 0.3) is 0 Å². The van der Waals surface area contributed by atoms with E-state index in [1.165, 1.54) is 32.1 Å². The van der Waals surface area contributed by atoms with Crippen LogP contribution in [0.25, 0.3) is 0 Å². The van der Waals surface area contributed by atoms with Crippen molar-refractivity contribution in [1.82, 2.24) is 4.31 Å². The third kappa shape index (κ3) is 4.53. The predicted molar refractivity (Wildman–Crippen MR) is 113 cm³/mol. The molecule has 158 valence electrons. The smallest absolute Gasteiger partial charge is 0.171 e. The summed E-state index contributed by atoms with van der Waals surface area (Å²) < 4.78 is 21.6. The molecule has 0 bridgehead atoms. The van der Waals surface area contributed by atoms with Crippen molar-refractivity contribution in [2.45, 2.75) is 115 Å². The van der Waals surface area contributed by atoms with Gasteiger partial charge in [-0.15, -0.1) is 0 Å². The molecule has 0 radical (unpaired) electrons. The van der Waals surface area contributed by atoms with Crippen molar-refractivity contribution in [1.29, 1.82) is 0 Å². The summed E-state index contributed by atoms with van der Waals surface area (Å²) in [6, 6.07) is 0. The van der Waals surface area contributed by atoms with Crippen LogP contribution in [-0.4, -0.2) is 47.1 Å². The van der Waals surface area contributed by atoms with Gasteiger partial charge in [0.15, 0.2) is 5.79 Å². The van der Waals surface area contributed by atoms with Gasteiger partial charge in [-0.1, -0.05) is 52.8 Å². The highest BCUT2D eigenvalue weighted by Crippen LogP contribution is 2.51. The fraction of sp³-hybridized carbons (Fsp3) is 1.00. The molecule has 1 saturated carbocycles. The minimum Gasteiger partial charge on any atom is -0.377 e. The van der Waals surface area contributed by atoms with Crippen molar-refractivity contribution in [3.05, 3.63) is 0 Å². The lowest BCUT2D eigenvalue weighted by Crippen LogP contribution is -2.67. The maximum Gasteiger partial charge on any atom is 0.171 e. The first-order valence-electron chi connectivity index (χ1n) is 11.1. The second kappa shape index (κ2) is 8.14. The maximum atomic E-state index is 6.54. The molecule has 27 heavy (non-hydrogen) atoms. The molecule has 5 heteroatoms. The second-order valence-electron chi connectivity index (χ2n) is 10.3. The molecular weight excluding hydrogens is 358 g/mol. The first kappa shape index (κ1) is 21.9. The molecule has 0 aromatic carbocycles. The van der Waals surface area contributed by atoms with Gasteiger partial charge in [-0.2, -0.15) is 0 Å². The lowest BCUT2D eigenvalue weighted by molar-refractivity contribution is -0.340. The molecule has 2 aliphatic heterocycles. The highest BCUT2D eigenvalue weighted by molar-refractivity contribution is 7.77. The second-order valence-corrected chi connectivity index (χ2v) is 10.7. The van der Waals surface area contributed by atoms with E-state index in [1.807, 2.05) is 0 Å². The fourth-order valence-corrected chi connectivity index (χ4v) is 5.77. The number of ether oxygens (including phenoxy) is 3. The molecule has 0 aromatic heterocycles. The Morgan fingerprint density at radius 2 is 1.56 bits per heavy atom. The molecule has 1 aliphatic carbocycles. The Morgan fingerprint density at radius 3 is 2.11 bits per heavy atom. The Morgan fingerprint density at radius 1 is 0.963 bits per heavy atom. The van der Waals surface area contributed by atoms with Crippen molar-refractivity contribution in [2.75, 3.05) is 19.8 Å². The Kier molecular flexibility index (Phi) is 6.60. The number of rotatable bonds is 5. The summed E-state index contributed by atoms with van der Waals surface area (Å²) in [5, 5.41) is 0. The molecule has 2 heterocycles. The Balaban J connectivity index is 1.64. The van der Waals surface area contributed by atoms with E-state index in [-0.39, 0.29) is 16.5 Å². The van der Waals surface area contributed by atoms with Crippen molar-refractivity contribution < 1.29 is 14.2 Å². The largest absolute Gasteiger partial charge is 0.377 e. The van der Waals surface area contributed by atoms with Crippen LogP contribution in [0.1, 0.15) is 92.4 Å². The normalized spacial score (nSPS) is 37.6. The zero-order valence-corrected chi connectivity index (χ0v) is 19.1. The Hall–Kier alpha value is 0.190. The van der Waals surface area contributed by atoms with Gasteiger partial charge in [0.1, 0.15) is 0 Å². The Labute approximate surface area is 172 Å². The standard InChI is InChI=1S/C22H41NO3S/c1-6-21(7-2)14-22(13-19(3,4)23(21)27)25-16-20(5,17-26-22)15-24-18-11-9-8-10-12-18/h18,27H,6-17H2,1-5H3. The van der Waals surface area contributed by atoms with Gasteiger partial charge in [-0.3, -0.25) is 0 Å². The quantitative estimate of drug-likeness (QED) is 0.630. The van der Waals surface area contributed by atoms with E-state index in [9.17, 15) is 0 Å². The van der Waals surface area contributed by atoms with Crippen LogP contribution in [0.2, 0.25) is 0 Å². The van der Waals surface area contributed by atoms with Crippen molar-refractivity contribution in [3.8, 4) is 0 Å². The van der Waals surface area contributed by atoms with Crippen LogP contribution in [0, 0.1) is 5.41 Å². The molecule has 4 nitrogen and oxygen atoms in total. The van der Waals surface area contributed by atoms with E-state index >= 15 is 0 Å². The molecule has 1 spiro atoms. The molecule has 3 rings (SSSR count). The molecule has 3 fully saturated rings. The lowest BCUT2D eigenvalue weighted by atomic mass is 9.73. The van der Waals surface area contributed by atoms with Gasteiger partial charge < -0.3 is 14.2 Å². The highest BCUT2D eigenvalue weighted by atomic mass is 32.1. The van der Waals surface area contributed by atoms with Crippen LogP contribution >= 0.6 is 12.8 Å². The molecule has 0 atom stereocenters. The number of nitrogens with zero attached hydrogens (tertiary/aromatic N) is 1. The first-order chi connectivity index (χ1) is 12.7. The summed E-state index contributed by atoms with van der Waals surface area (Å²) in [6.07, 6.45) is 10.7. The maximum absolute atomic E-state index is 6.54. The molecule has 3 aliphatic rings. The minimum absolute atomic E-state index is 0.0111. The lowest BCUT2D eigenvalue weighted by Gasteiger charge is -2.60. The summed E-state index contributed by atoms with van der Waals surface area (Å²) in [7, 11) is 0. The minimum atomic E-state index is -0.487. The fourth-order valence-electron chi connectivity index (χ4n) is 5.35. The van der Waals surface area contributed by atoms with Gasteiger partial charge in [0.2, 0.25) is 0 Å². The molecule has 0 aromatic rings. The summed E-state index contributed by atoms with van der Waals surface area (Å²) in [6.45, 7) is 13.4. The summed E-state index contributed by atoms with van der Waals surface area (Å²) in [4.78, 5) is 0. The highest BCUT2D eigenvalue weighted by Gasteiger charge is 2.57.